The van der Waals surface area contributed by atoms with Gasteiger partial charge in [0.15, 0.2) is 0 Å². The number of carbonyl (C=O) groups excluding carboxylic acids is 2. The van der Waals surface area contributed by atoms with Crippen LogP contribution in [0, 0.1) is 11.8 Å². The number of Topliss-reactive ketones (excluding diaryl/α,β-unsaturated/α-hetero) is 1. The average molecular weight is 395 g/mol. The van der Waals surface area contributed by atoms with E-state index in [-0.39, 0.29) is 24.5 Å². The van der Waals surface area contributed by atoms with Gasteiger partial charge in [-0.15, -0.1) is 0 Å². The van der Waals surface area contributed by atoms with Gasteiger partial charge in [0.1, 0.15) is 5.78 Å². The Balaban J connectivity index is 1.64. The number of nitrogens with zero attached hydrogens (tertiary/aromatic N) is 1. The highest BCUT2D eigenvalue weighted by Gasteiger charge is 2.46. The van der Waals surface area contributed by atoms with Gasteiger partial charge in [-0.3, -0.25) is 14.4 Å². The maximum absolute atomic E-state index is 13.5. The summed E-state index contributed by atoms with van der Waals surface area (Å²) < 4.78 is 32.3. The smallest absolute Gasteiger partial charge is 0.307 e. The molecule has 1 aromatic carbocycles. The number of amides is 1. The Morgan fingerprint density at radius 3 is 2.36 bits per heavy atom. The first-order valence-electron chi connectivity index (χ1n) is 9.36. The van der Waals surface area contributed by atoms with Crippen LogP contribution in [0.3, 0.4) is 0 Å². The lowest BCUT2D eigenvalue weighted by Crippen LogP contribution is -2.41. The van der Waals surface area contributed by atoms with Gasteiger partial charge in [-0.05, 0) is 24.1 Å². The van der Waals surface area contributed by atoms with Crippen LogP contribution in [-0.2, 0) is 20.7 Å². The number of benzene rings is 1. The summed E-state index contributed by atoms with van der Waals surface area (Å²) in [5.41, 5.74) is 1.13. The molecule has 0 radical (unpaired) electrons. The van der Waals surface area contributed by atoms with Crippen LogP contribution < -0.4 is 0 Å². The molecule has 1 aromatic rings. The molecule has 1 amide bonds. The van der Waals surface area contributed by atoms with Crippen molar-refractivity contribution in [2.75, 3.05) is 26.3 Å². The third-order valence-electron chi connectivity index (χ3n) is 5.43. The Kier molecular flexibility index (Phi) is 6.07. The molecule has 2 fully saturated rings. The summed E-state index contributed by atoms with van der Waals surface area (Å²) in [6, 6.07) is 6.56. The minimum atomic E-state index is -3.04. The van der Waals surface area contributed by atoms with E-state index >= 15 is 0 Å². The molecule has 0 spiro atoms. The number of carbonyl (C=O) groups is 3. The fourth-order valence-electron chi connectivity index (χ4n) is 3.83. The van der Waals surface area contributed by atoms with Gasteiger partial charge in [0.2, 0.25) is 5.92 Å². The Labute approximate surface area is 161 Å². The molecular weight excluding hydrogens is 372 g/mol. The zero-order chi connectivity index (χ0) is 20.3. The minimum Gasteiger partial charge on any atom is -0.481 e. The van der Waals surface area contributed by atoms with Gasteiger partial charge in [-0.2, -0.15) is 0 Å². The predicted molar refractivity (Wildman–Crippen MR) is 95.3 cm³/mol. The van der Waals surface area contributed by atoms with E-state index in [1.54, 1.807) is 29.2 Å². The van der Waals surface area contributed by atoms with Gasteiger partial charge in [-0.25, -0.2) is 8.78 Å². The van der Waals surface area contributed by atoms with Crippen LogP contribution in [0.15, 0.2) is 24.3 Å². The molecule has 152 valence electrons. The van der Waals surface area contributed by atoms with Crippen molar-refractivity contribution in [3.05, 3.63) is 35.4 Å². The molecule has 3 rings (SSSR count). The van der Waals surface area contributed by atoms with E-state index < -0.39 is 36.6 Å². The minimum absolute atomic E-state index is 0.0357. The summed E-state index contributed by atoms with van der Waals surface area (Å²) in [7, 11) is 0. The topological polar surface area (TPSA) is 83.9 Å². The van der Waals surface area contributed by atoms with E-state index in [1.807, 2.05) is 0 Å². The van der Waals surface area contributed by atoms with E-state index in [4.69, 9.17) is 4.74 Å². The van der Waals surface area contributed by atoms with E-state index in [1.165, 1.54) is 0 Å². The van der Waals surface area contributed by atoms with Crippen LogP contribution >= 0.6 is 0 Å². The summed E-state index contributed by atoms with van der Waals surface area (Å²) in [5, 5.41) is 9.24. The highest BCUT2D eigenvalue weighted by atomic mass is 19.3. The molecule has 1 saturated carbocycles. The second-order valence-corrected chi connectivity index (χ2v) is 7.39. The number of aliphatic carboxylic acids is 1. The first kappa shape index (κ1) is 20.4. The molecule has 8 heteroatoms. The van der Waals surface area contributed by atoms with E-state index in [0.717, 1.165) is 0 Å². The third kappa shape index (κ3) is 4.73. The summed E-state index contributed by atoms with van der Waals surface area (Å²) in [6.45, 7) is 2.07. The lowest BCUT2D eigenvalue weighted by atomic mass is 9.74. The predicted octanol–water partition coefficient (Wildman–Crippen LogP) is 2.41. The maximum atomic E-state index is 13.5. The molecule has 2 aliphatic rings. The lowest BCUT2D eigenvalue weighted by molar-refractivity contribution is -0.157. The third-order valence-corrected chi connectivity index (χ3v) is 5.43. The number of hydrogen-bond acceptors (Lipinski definition) is 4. The number of morpholine rings is 1. The molecule has 2 atom stereocenters. The maximum Gasteiger partial charge on any atom is 0.307 e. The fraction of sp³-hybridized carbons (Fsp3) is 0.550. The summed E-state index contributed by atoms with van der Waals surface area (Å²) in [5.74, 6) is -7.13. The zero-order valence-electron chi connectivity index (χ0n) is 15.4. The molecule has 1 saturated heterocycles. The average Bonchev–Trinajstić information content (AvgIpc) is 2.68. The first-order chi connectivity index (χ1) is 13.3. The Morgan fingerprint density at radius 1 is 1.11 bits per heavy atom. The Hall–Kier alpha value is -2.35. The van der Waals surface area contributed by atoms with E-state index in [9.17, 15) is 28.3 Å². The van der Waals surface area contributed by atoms with Crippen molar-refractivity contribution in [1.29, 1.82) is 0 Å². The van der Waals surface area contributed by atoms with Crippen molar-refractivity contribution in [3.8, 4) is 0 Å². The zero-order valence-corrected chi connectivity index (χ0v) is 15.4. The Bertz CT molecular complexity index is 743. The summed E-state index contributed by atoms with van der Waals surface area (Å²) >= 11 is 0. The van der Waals surface area contributed by atoms with Crippen molar-refractivity contribution in [2.45, 2.75) is 31.6 Å². The van der Waals surface area contributed by atoms with Crippen LogP contribution in [0.25, 0.3) is 0 Å². The van der Waals surface area contributed by atoms with E-state index in [0.29, 0.717) is 37.4 Å². The van der Waals surface area contributed by atoms with Crippen molar-refractivity contribution in [3.63, 3.8) is 0 Å². The van der Waals surface area contributed by atoms with Crippen molar-refractivity contribution >= 4 is 17.7 Å². The fourth-order valence-corrected chi connectivity index (χ4v) is 3.83. The van der Waals surface area contributed by atoms with E-state index in [2.05, 4.69) is 0 Å². The molecule has 0 bridgehead atoms. The van der Waals surface area contributed by atoms with Gasteiger partial charge in [-0.1, -0.05) is 12.1 Å². The second kappa shape index (κ2) is 8.34. The van der Waals surface area contributed by atoms with Crippen LogP contribution in [0.5, 0.6) is 0 Å². The van der Waals surface area contributed by atoms with Gasteiger partial charge in [0.25, 0.3) is 5.91 Å². The number of hydrogen-bond donors (Lipinski definition) is 1. The Morgan fingerprint density at radius 2 is 1.75 bits per heavy atom. The second-order valence-electron chi connectivity index (χ2n) is 7.39. The molecule has 1 heterocycles. The molecule has 6 nitrogen and oxygen atoms in total. The normalized spacial score (nSPS) is 24.6. The van der Waals surface area contributed by atoms with Gasteiger partial charge in [0.05, 0.1) is 19.1 Å². The number of ketones is 1. The van der Waals surface area contributed by atoms with Crippen molar-refractivity contribution < 1.29 is 33.0 Å². The van der Waals surface area contributed by atoms with Gasteiger partial charge < -0.3 is 14.7 Å². The summed E-state index contributed by atoms with van der Waals surface area (Å²) in [4.78, 5) is 38.0. The molecule has 1 aliphatic carbocycles. The number of halogens is 2. The SMILES string of the molecule is O=C(O)C1CC(F)(F)CCC1C(=O)Cc1ccc(C(=O)N2CCOCC2)cc1. The van der Waals surface area contributed by atoms with Gasteiger partial charge in [0, 0.05) is 43.8 Å². The number of carboxylic acids is 1. The lowest BCUT2D eigenvalue weighted by Gasteiger charge is -2.32. The van der Waals surface area contributed by atoms with Crippen LogP contribution in [-0.4, -0.2) is 59.9 Å². The molecule has 28 heavy (non-hydrogen) atoms. The van der Waals surface area contributed by atoms with Crippen LogP contribution in [0.2, 0.25) is 0 Å². The van der Waals surface area contributed by atoms with Crippen molar-refractivity contribution in [2.24, 2.45) is 11.8 Å². The highest BCUT2D eigenvalue weighted by Crippen LogP contribution is 2.41. The number of ether oxygens (including phenoxy) is 1. The molecular formula is C20H23F2NO5. The monoisotopic (exact) mass is 395 g/mol. The first-order valence-corrected chi connectivity index (χ1v) is 9.36. The number of carboxylic acid groups (broad SMARTS) is 1. The van der Waals surface area contributed by atoms with Crippen LogP contribution in [0.1, 0.15) is 35.2 Å². The molecule has 0 aromatic heterocycles. The van der Waals surface area contributed by atoms with Gasteiger partial charge >= 0.3 is 5.97 Å². The highest BCUT2D eigenvalue weighted by molar-refractivity contribution is 5.94. The van der Waals surface area contributed by atoms with Crippen LogP contribution in [0.4, 0.5) is 8.78 Å². The molecule has 1 N–H and O–H groups in total. The molecule has 2 unspecified atom stereocenters. The standard InChI is InChI=1S/C20H23F2NO5/c21-20(22)6-5-15(16(12-20)19(26)27)17(24)11-13-1-3-14(4-2-13)18(25)23-7-9-28-10-8-23/h1-4,15-16H,5-12H2,(H,26,27). The number of alkyl halides is 2. The van der Waals surface area contributed by atoms with Crippen molar-refractivity contribution in [1.82, 2.24) is 4.90 Å². The number of rotatable bonds is 5. The molecule has 1 aliphatic heterocycles. The quantitative estimate of drug-likeness (QED) is 0.828. The largest absolute Gasteiger partial charge is 0.481 e. The summed E-state index contributed by atoms with van der Waals surface area (Å²) in [6.07, 6.45) is -1.44.